The number of aromatic nitrogens is 2. The van der Waals surface area contributed by atoms with Crippen molar-refractivity contribution in [3.63, 3.8) is 0 Å². The summed E-state index contributed by atoms with van der Waals surface area (Å²) in [5.74, 6) is -0.521. The van der Waals surface area contributed by atoms with E-state index < -0.39 is 5.60 Å². The van der Waals surface area contributed by atoms with Gasteiger partial charge in [-0.2, -0.15) is 5.10 Å². The molecular formula is C27H44N6O5. The number of carbonyl (C=O) groups is 4. The highest BCUT2D eigenvalue weighted by atomic mass is 16.5. The first-order chi connectivity index (χ1) is 17.9. The number of nitrogens with one attached hydrogen (secondary N) is 1. The second kappa shape index (κ2) is 12.3. The molecule has 0 spiro atoms. The molecule has 0 saturated carbocycles. The number of amides is 4. The molecule has 1 aromatic rings. The molecule has 4 amide bonds. The van der Waals surface area contributed by atoms with Gasteiger partial charge in [-0.3, -0.25) is 23.9 Å². The molecule has 3 rings (SSSR count). The van der Waals surface area contributed by atoms with Crippen molar-refractivity contribution in [3.05, 3.63) is 17.0 Å². The largest absolute Gasteiger partial charge is 0.369 e. The Bertz CT molecular complexity index is 1050. The van der Waals surface area contributed by atoms with E-state index in [4.69, 9.17) is 4.74 Å². The van der Waals surface area contributed by atoms with Gasteiger partial charge in [0.05, 0.1) is 6.54 Å². The van der Waals surface area contributed by atoms with E-state index in [-0.39, 0.29) is 61.6 Å². The van der Waals surface area contributed by atoms with Gasteiger partial charge in [-0.05, 0) is 45.4 Å². The van der Waals surface area contributed by atoms with Gasteiger partial charge in [-0.25, -0.2) is 0 Å². The van der Waals surface area contributed by atoms with E-state index in [9.17, 15) is 19.2 Å². The highest BCUT2D eigenvalue weighted by Crippen LogP contribution is 2.27. The average Bonchev–Trinajstić information content (AvgIpc) is 3.21. The van der Waals surface area contributed by atoms with Crippen molar-refractivity contribution in [2.45, 2.75) is 71.4 Å². The van der Waals surface area contributed by atoms with Crippen LogP contribution in [0.15, 0.2) is 0 Å². The van der Waals surface area contributed by atoms with Gasteiger partial charge in [0.25, 0.3) is 11.8 Å². The van der Waals surface area contributed by atoms with Crippen LogP contribution in [0.3, 0.4) is 0 Å². The van der Waals surface area contributed by atoms with Gasteiger partial charge < -0.3 is 24.8 Å². The number of nitrogens with zero attached hydrogens (tertiary/aromatic N) is 5. The standard InChI is InChI=1S/C27H44N6O5/c1-18(2)16-33-17-23(35)30(5)19-10-11-21-20(15-19)24(29-31(21)6)25(36)28-12-14-32(13-8-9-22(33)34)26(37)27(3,4)38-7/h18-19H,8-17H2,1-7H3,(H,28,36). The fourth-order valence-corrected chi connectivity index (χ4v) is 5.21. The van der Waals surface area contributed by atoms with Crippen molar-refractivity contribution in [3.8, 4) is 0 Å². The van der Waals surface area contributed by atoms with E-state index in [1.165, 1.54) is 7.11 Å². The van der Waals surface area contributed by atoms with Crippen LogP contribution in [0.1, 0.15) is 68.7 Å². The van der Waals surface area contributed by atoms with E-state index in [1.807, 2.05) is 20.9 Å². The van der Waals surface area contributed by atoms with Crippen LogP contribution < -0.4 is 5.32 Å². The van der Waals surface area contributed by atoms with Crippen LogP contribution in [0.2, 0.25) is 0 Å². The van der Waals surface area contributed by atoms with Gasteiger partial charge in [0, 0.05) is 71.1 Å². The highest BCUT2D eigenvalue weighted by molar-refractivity contribution is 5.94. The van der Waals surface area contributed by atoms with Gasteiger partial charge >= 0.3 is 0 Å². The molecule has 11 nitrogen and oxygen atoms in total. The zero-order valence-electron chi connectivity index (χ0n) is 24.0. The number of carbonyl (C=O) groups excluding carboxylic acids is 4. The third kappa shape index (κ3) is 6.73. The van der Waals surface area contributed by atoms with E-state index in [0.29, 0.717) is 38.0 Å². The van der Waals surface area contributed by atoms with Crippen LogP contribution in [-0.2, 0) is 39.0 Å². The Hall–Kier alpha value is -2.95. The molecule has 2 heterocycles. The maximum absolute atomic E-state index is 13.3. The van der Waals surface area contributed by atoms with E-state index >= 15 is 0 Å². The number of hydrogen-bond donors (Lipinski definition) is 1. The molecule has 0 fully saturated rings. The van der Waals surface area contributed by atoms with Crippen molar-refractivity contribution in [2.75, 3.05) is 46.9 Å². The highest BCUT2D eigenvalue weighted by Gasteiger charge is 2.34. The molecule has 1 aliphatic carbocycles. The molecule has 38 heavy (non-hydrogen) atoms. The summed E-state index contributed by atoms with van der Waals surface area (Å²) in [5, 5.41) is 7.42. The quantitative estimate of drug-likeness (QED) is 0.618. The third-order valence-electron chi connectivity index (χ3n) is 7.65. The van der Waals surface area contributed by atoms with Crippen molar-refractivity contribution < 1.29 is 23.9 Å². The number of likely N-dealkylation sites (N-methyl/N-ethyl adjacent to an activating group) is 1. The van der Waals surface area contributed by atoms with Crippen molar-refractivity contribution in [1.82, 2.24) is 29.8 Å². The summed E-state index contributed by atoms with van der Waals surface area (Å²) in [6, 6.07) is -0.0816. The summed E-state index contributed by atoms with van der Waals surface area (Å²) in [4.78, 5) is 57.9. The van der Waals surface area contributed by atoms with Crippen molar-refractivity contribution in [1.29, 1.82) is 0 Å². The predicted octanol–water partition coefficient (Wildman–Crippen LogP) is 0.998. The van der Waals surface area contributed by atoms with Crippen molar-refractivity contribution >= 4 is 23.6 Å². The minimum Gasteiger partial charge on any atom is -0.369 e. The fraction of sp³-hybridized carbons (Fsp3) is 0.741. The number of methoxy groups -OCH3 is 1. The van der Waals surface area contributed by atoms with Crippen LogP contribution >= 0.6 is 0 Å². The van der Waals surface area contributed by atoms with E-state index in [1.54, 1.807) is 40.3 Å². The van der Waals surface area contributed by atoms with Gasteiger partial charge in [0.2, 0.25) is 11.8 Å². The molecule has 2 aliphatic rings. The van der Waals surface area contributed by atoms with Crippen LogP contribution in [0.4, 0.5) is 0 Å². The molecule has 2 bridgehead atoms. The summed E-state index contributed by atoms with van der Waals surface area (Å²) < 4.78 is 7.15. The molecular weight excluding hydrogens is 488 g/mol. The Morgan fingerprint density at radius 1 is 1.13 bits per heavy atom. The van der Waals surface area contributed by atoms with E-state index in [2.05, 4.69) is 10.4 Å². The molecule has 0 saturated heterocycles. The number of fused-ring (bicyclic) bond motifs is 1. The number of aryl methyl sites for hydroxylation is 1. The number of ether oxygens (including phenoxy) is 1. The Morgan fingerprint density at radius 2 is 1.84 bits per heavy atom. The zero-order chi connectivity index (χ0) is 28.2. The summed E-state index contributed by atoms with van der Waals surface area (Å²) in [6.07, 6.45) is 2.65. The number of rotatable bonds is 4. The van der Waals surface area contributed by atoms with E-state index in [0.717, 1.165) is 17.7 Å². The topological polar surface area (TPSA) is 117 Å². The summed E-state index contributed by atoms with van der Waals surface area (Å²) >= 11 is 0. The fourth-order valence-electron chi connectivity index (χ4n) is 5.21. The van der Waals surface area contributed by atoms with Crippen LogP contribution in [0.25, 0.3) is 0 Å². The molecule has 1 aliphatic heterocycles. The maximum atomic E-state index is 13.3. The maximum Gasteiger partial charge on any atom is 0.272 e. The monoisotopic (exact) mass is 532 g/mol. The van der Waals surface area contributed by atoms with Crippen LogP contribution in [0, 0.1) is 5.92 Å². The predicted molar refractivity (Wildman–Crippen MR) is 142 cm³/mol. The molecule has 11 heteroatoms. The van der Waals surface area contributed by atoms with Gasteiger partial charge in [0.1, 0.15) is 5.60 Å². The zero-order valence-corrected chi connectivity index (χ0v) is 24.0. The Labute approximate surface area is 225 Å². The Kier molecular flexibility index (Phi) is 9.56. The Morgan fingerprint density at radius 3 is 2.50 bits per heavy atom. The van der Waals surface area contributed by atoms with Crippen molar-refractivity contribution in [2.24, 2.45) is 13.0 Å². The van der Waals surface area contributed by atoms with Gasteiger partial charge in [-0.1, -0.05) is 13.8 Å². The molecule has 1 N–H and O–H groups in total. The molecule has 0 aromatic carbocycles. The average molecular weight is 533 g/mol. The normalized spacial score (nSPS) is 20.6. The lowest BCUT2D eigenvalue weighted by atomic mass is 9.90. The molecule has 1 aromatic heterocycles. The number of hydrogen-bond acceptors (Lipinski definition) is 6. The van der Waals surface area contributed by atoms with Crippen LogP contribution in [0.5, 0.6) is 0 Å². The first-order valence-electron chi connectivity index (χ1n) is 13.6. The minimum absolute atomic E-state index is 0.0105. The first-order valence-corrected chi connectivity index (χ1v) is 13.6. The second-order valence-electron chi connectivity index (χ2n) is 11.3. The lowest BCUT2D eigenvalue weighted by Gasteiger charge is -2.34. The second-order valence-corrected chi connectivity index (χ2v) is 11.3. The third-order valence-corrected chi connectivity index (χ3v) is 7.65. The Balaban J connectivity index is 1.92. The SMILES string of the molecule is COC(C)(C)C(=O)N1CCCC(=O)N(CC(C)C)CC(=O)N(C)C2CCc3c(c(nn3C)C(=O)NCC1)C2. The summed E-state index contributed by atoms with van der Waals surface area (Å²) in [6.45, 7) is 8.79. The first kappa shape index (κ1) is 29.6. The lowest BCUT2D eigenvalue weighted by Crippen LogP contribution is -2.49. The van der Waals surface area contributed by atoms with Crippen LogP contribution in [-0.4, -0.2) is 107 Å². The molecule has 212 valence electrons. The minimum atomic E-state index is -1.04. The smallest absolute Gasteiger partial charge is 0.272 e. The van der Waals surface area contributed by atoms with Gasteiger partial charge in [-0.15, -0.1) is 0 Å². The molecule has 0 radical (unpaired) electrons. The molecule has 1 atom stereocenters. The molecule has 1 unspecified atom stereocenters. The lowest BCUT2D eigenvalue weighted by molar-refractivity contribution is -0.151. The summed E-state index contributed by atoms with van der Waals surface area (Å²) in [7, 11) is 5.10. The summed E-state index contributed by atoms with van der Waals surface area (Å²) in [5.41, 5.74) is 1.18. The van der Waals surface area contributed by atoms with Gasteiger partial charge in [0.15, 0.2) is 5.69 Å².